The van der Waals surface area contributed by atoms with Crippen molar-refractivity contribution in [1.82, 2.24) is 9.97 Å². The molecule has 1 aromatic rings. The zero-order chi connectivity index (χ0) is 8.44. The maximum absolute atomic E-state index is 10.1. The summed E-state index contributed by atoms with van der Waals surface area (Å²) in [7, 11) is 0. The highest BCUT2D eigenvalue weighted by Gasteiger charge is 2.33. The molecule has 1 aliphatic rings. The average Bonchev–Trinajstić information content (AvgIpc) is 2.58. The summed E-state index contributed by atoms with van der Waals surface area (Å²) in [6.45, 7) is 0. The minimum absolute atomic E-state index is 0.665. The van der Waals surface area contributed by atoms with Crippen molar-refractivity contribution < 1.29 is 5.11 Å². The summed E-state index contributed by atoms with van der Waals surface area (Å²) in [5.41, 5.74) is -0.665. The fourth-order valence-electron chi connectivity index (χ4n) is 1.89. The Bertz CT molecular complexity index is 237. The van der Waals surface area contributed by atoms with Crippen molar-refractivity contribution in [3.63, 3.8) is 0 Å². The van der Waals surface area contributed by atoms with Crippen LogP contribution < -0.4 is 0 Å². The molecule has 0 amide bonds. The summed E-state index contributed by atoms with van der Waals surface area (Å²) in [6.07, 6.45) is 8.61. The maximum atomic E-state index is 10.1. The molecule has 1 aliphatic carbocycles. The van der Waals surface area contributed by atoms with E-state index in [4.69, 9.17) is 0 Å². The minimum atomic E-state index is -0.665. The highest BCUT2D eigenvalue weighted by molar-refractivity contribution is 5.02. The molecule has 1 aromatic heterocycles. The van der Waals surface area contributed by atoms with E-state index in [0.717, 1.165) is 31.5 Å². The second kappa shape index (κ2) is 2.90. The molecule has 0 spiro atoms. The van der Waals surface area contributed by atoms with Crippen LogP contribution in [0.15, 0.2) is 12.4 Å². The fourth-order valence-corrected chi connectivity index (χ4v) is 1.89. The minimum Gasteiger partial charge on any atom is -0.382 e. The maximum Gasteiger partial charge on any atom is 0.138 e. The largest absolute Gasteiger partial charge is 0.382 e. The first-order valence-electron chi connectivity index (χ1n) is 4.53. The van der Waals surface area contributed by atoms with Gasteiger partial charge in [-0.05, 0) is 12.8 Å². The van der Waals surface area contributed by atoms with Crippen LogP contribution in [0, 0.1) is 0 Å². The predicted molar refractivity (Wildman–Crippen MR) is 45.6 cm³/mol. The van der Waals surface area contributed by atoms with E-state index in [9.17, 15) is 5.11 Å². The molecule has 2 N–H and O–H groups in total. The lowest BCUT2D eigenvalue weighted by molar-refractivity contribution is -0.00818. The smallest absolute Gasteiger partial charge is 0.138 e. The van der Waals surface area contributed by atoms with Gasteiger partial charge in [-0.3, -0.25) is 0 Å². The molecule has 0 atom stereocenters. The van der Waals surface area contributed by atoms with Gasteiger partial charge in [-0.1, -0.05) is 19.3 Å². The van der Waals surface area contributed by atoms with Crippen molar-refractivity contribution in [2.75, 3.05) is 0 Å². The zero-order valence-corrected chi connectivity index (χ0v) is 7.08. The third-order valence-electron chi connectivity index (χ3n) is 2.62. The monoisotopic (exact) mass is 166 g/mol. The second-order valence-corrected chi connectivity index (χ2v) is 3.53. The van der Waals surface area contributed by atoms with E-state index in [1.54, 1.807) is 12.4 Å². The van der Waals surface area contributed by atoms with Gasteiger partial charge >= 0.3 is 0 Å². The zero-order valence-electron chi connectivity index (χ0n) is 7.08. The third kappa shape index (κ3) is 1.25. The normalized spacial score (nSPS) is 22.4. The van der Waals surface area contributed by atoms with Gasteiger partial charge in [0.05, 0.1) is 0 Å². The number of hydrogen-bond acceptors (Lipinski definition) is 2. The SMILES string of the molecule is OC1(c2ncc[nH]2)CCCCC1. The highest BCUT2D eigenvalue weighted by Crippen LogP contribution is 2.34. The molecule has 0 saturated heterocycles. The number of H-pyrrole nitrogens is 1. The van der Waals surface area contributed by atoms with Crippen molar-refractivity contribution >= 4 is 0 Å². The Morgan fingerprint density at radius 2 is 2.08 bits per heavy atom. The predicted octanol–water partition coefficient (Wildman–Crippen LogP) is 1.56. The van der Waals surface area contributed by atoms with Crippen LogP contribution in [0.2, 0.25) is 0 Å². The van der Waals surface area contributed by atoms with E-state index >= 15 is 0 Å². The van der Waals surface area contributed by atoms with E-state index in [0.29, 0.717) is 0 Å². The standard InChI is InChI=1S/C9H14N2O/c12-9(4-2-1-3-5-9)8-10-6-7-11-8/h6-7,12H,1-5H2,(H,10,11). The summed E-state index contributed by atoms with van der Waals surface area (Å²) in [6, 6.07) is 0. The molecule has 66 valence electrons. The van der Waals surface area contributed by atoms with Crippen LogP contribution in [0.1, 0.15) is 37.9 Å². The van der Waals surface area contributed by atoms with Crippen molar-refractivity contribution in [3.8, 4) is 0 Å². The Morgan fingerprint density at radius 3 is 2.67 bits per heavy atom. The molecule has 0 radical (unpaired) electrons. The number of aliphatic hydroxyl groups is 1. The van der Waals surface area contributed by atoms with Gasteiger partial charge in [0.25, 0.3) is 0 Å². The topological polar surface area (TPSA) is 48.9 Å². The Balaban J connectivity index is 2.19. The average molecular weight is 166 g/mol. The van der Waals surface area contributed by atoms with Crippen LogP contribution in [0.3, 0.4) is 0 Å². The van der Waals surface area contributed by atoms with E-state index in [1.165, 1.54) is 6.42 Å². The summed E-state index contributed by atoms with van der Waals surface area (Å²) in [5.74, 6) is 0.738. The molecular formula is C9H14N2O. The lowest BCUT2D eigenvalue weighted by Gasteiger charge is -2.29. The lowest BCUT2D eigenvalue weighted by atomic mass is 9.84. The number of rotatable bonds is 1. The third-order valence-corrected chi connectivity index (χ3v) is 2.62. The van der Waals surface area contributed by atoms with Gasteiger partial charge in [-0.2, -0.15) is 0 Å². The van der Waals surface area contributed by atoms with Gasteiger partial charge in [-0.15, -0.1) is 0 Å². The van der Waals surface area contributed by atoms with E-state index < -0.39 is 5.60 Å². The quantitative estimate of drug-likeness (QED) is 0.665. The Morgan fingerprint density at radius 1 is 1.33 bits per heavy atom. The van der Waals surface area contributed by atoms with Crippen LogP contribution in [0.25, 0.3) is 0 Å². The molecule has 2 rings (SSSR count). The number of nitrogens with zero attached hydrogens (tertiary/aromatic N) is 1. The van der Waals surface area contributed by atoms with Crippen LogP contribution in [0.5, 0.6) is 0 Å². The molecular weight excluding hydrogens is 152 g/mol. The van der Waals surface area contributed by atoms with Crippen molar-refractivity contribution in [3.05, 3.63) is 18.2 Å². The Hall–Kier alpha value is -0.830. The molecule has 1 fully saturated rings. The molecule has 3 nitrogen and oxygen atoms in total. The summed E-state index contributed by atoms with van der Waals surface area (Å²) < 4.78 is 0. The van der Waals surface area contributed by atoms with Crippen LogP contribution in [0.4, 0.5) is 0 Å². The first-order valence-corrected chi connectivity index (χ1v) is 4.53. The van der Waals surface area contributed by atoms with E-state index in [1.807, 2.05) is 0 Å². The summed E-state index contributed by atoms with van der Waals surface area (Å²) in [4.78, 5) is 7.09. The number of aromatic nitrogens is 2. The summed E-state index contributed by atoms with van der Waals surface area (Å²) in [5, 5.41) is 10.1. The highest BCUT2D eigenvalue weighted by atomic mass is 16.3. The molecule has 1 saturated carbocycles. The van der Waals surface area contributed by atoms with Gasteiger partial charge in [0.15, 0.2) is 0 Å². The van der Waals surface area contributed by atoms with Crippen LogP contribution >= 0.6 is 0 Å². The van der Waals surface area contributed by atoms with Crippen molar-refractivity contribution in [2.24, 2.45) is 0 Å². The lowest BCUT2D eigenvalue weighted by Crippen LogP contribution is -2.29. The fraction of sp³-hybridized carbons (Fsp3) is 0.667. The van der Waals surface area contributed by atoms with Gasteiger partial charge in [-0.25, -0.2) is 4.98 Å². The summed E-state index contributed by atoms with van der Waals surface area (Å²) >= 11 is 0. The first kappa shape index (κ1) is 7.80. The Kier molecular flexibility index (Phi) is 1.89. The molecule has 0 bridgehead atoms. The number of hydrogen-bond donors (Lipinski definition) is 2. The molecule has 0 aliphatic heterocycles. The van der Waals surface area contributed by atoms with Gasteiger partial charge in [0, 0.05) is 12.4 Å². The number of imidazole rings is 1. The van der Waals surface area contributed by atoms with Crippen molar-refractivity contribution in [2.45, 2.75) is 37.7 Å². The van der Waals surface area contributed by atoms with E-state index in [-0.39, 0.29) is 0 Å². The van der Waals surface area contributed by atoms with Crippen molar-refractivity contribution in [1.29, 1.82) is 0 Å². The molecule has 12 heavy (non-hydrogen) atoms. The molecule has 3 heteroatoms. The van der Waals surface area contributed by atoms with Gasteiger partial charge in [0.1, 0.15) is 11.4 Å². The number of aromatic amines is 1. The Labute approximate surface area is 71.8 Å². The van der Waals surface area contributed by atoms with Crippen LogP contribution in [-0.4, -0.2) is 15.1 Å². The van der Waals surface area contributed by atoms with Gasteiger partial charge in [0.2, 0.25) is 0 Å². The second-order valence-electron chi connectivity index (χ2n) is 3.53. The molecule has 1 heterocycles. The first-order chi connectivity index (χ1) is 5.81. The molecule has 0 unspecified atom stereocenters. The van der Waals surface area contributed by atoms with Gasteiger partial charge < -0.3 is 10.1 Å². The van der Waals surface area contributed by atoms with Crippen LogP contribution in [-0.2, 0) is 5.60 Å². The molecule has 0 aromatic carbocycles. The number of nitrogens with one attached hydrogen (secondary N) is 1. The van der Waals surface area contributed by atoms with E-state index in [2.05, 4.69) is 9.97 Å².